The highest BCUT2D eigenvalue weighted by molar-refractivity contribution is 5.97. The smallest absolute Gasteiger partial charge is 0.254 e. The number of pyridine rings is 1. The first-order valence-corrected chi connectivity index (χ1v) is 11.7. The average Bonchev–Trinajstić information content (AvgIpc) is 3.39. The van der Waals surface area contributed by atoms with E-state index in [-0.39, 0.29) is 18.6 Å². The standard InChI is InChI=1S/C27H23N5O4/c1-16-21(13-31-26(33)17-3-5-24-25(11-17)36-15-35-24)20-6-9-32(14-19(20)12-30-16)27(34)18-2-4-22-23(10-18)29-8-7-28-22/h2-5,7-8,10-12H,6,9,13-15H2,1H3,(H,31,33). The Balaban J connectivity index is 1.18. The number of aryl methyl sites for hydroxylation is 1. The van der Waals surface area contributed by atoms with Gasteiger partial charge in [0, 0.05) is 55.0 Å². The molecule has 9 nitrogen and oxygen atoms in total. The Morgan fingerprint density at radius 1 is 0.972 bits per heavy atom. The lowest BCUT2D eigenvalue weighted by atomic mass is 9.94. The van der Waals surface area contributed by atoms with Crippen molar-refractivity contribution in [1.29, 1.82) is 0 Å². The molecule has 4 aromatic rings. The van der Waals surface area contributed by atoms with Crippen molar-refractivity contribution in [2.24, 2.45) is 0 Å². The largest absolute Gasteiger partial charge is 0.454 e. The van der Waals surface area contributed by atoms with Gasteiger partial charge in [-0.1, -0.05) is 0 Å². The van der Waals surface area contributed by atoms with Crippen molar-refractivity contribution in [1.82, 2.24) is 25.2 Å². The predicted octanol–water partition coefficient (Wildman–Crippen LogP) is 3.19. The lowest BCUT2D eigenvalue weighted by Crippen LogP contribution is -2.37. The first-order chi connectivity index (χ1) is 17.6. The quantitative estimate of drug-likeness (QED) is 0.477. The highest BCUT2D eigenvalue weighted by Crippen LogP contribution is 2.32. The molecule has 0 unspecified atom stereocenters. The van der Waals surface area contributed by atoms with Gasteiger partial charge in [0.2, 0.25) is 6.79 Å². The summed E-state index contributed by atoms with van der Waals surface area (Å²) >= 11 is 0. The number of ether oxygens (including phenoxy) is 2. The number of fused-ring (bicyclic) bond motifs is 3. The molecule has 2 aromatic carbocycles. The van der Waals surface area contributed by atoms with Gasteiger partial charge in [-0.15, -0.1) is 0 Å². The monoisotopic (exact) mass is 481 g/mol. The lowest BCUT2D eigenvalue weighted by molar-refractivity contribution is 0.0734. The van der Waals surface area contributed by atoms with E-state index in [1.165, 1.54) is 0 Å². The molecule has 0 fully saturated rings. The lowest BCUT2D eigenvalue weighted by Gasteiger charge is -2.30. The van der Waals surface area contributed by atoms with E-state index in [1.54, 1.807) is 42.7 Å². The molecule has 180 valence electrons. The van der Waals surface area contributed by atoms with Crippen LogP contribution in [0.25, 0.3) is 11.0 Å². The molecule has 9 heteroatoms. The molecule has 0 saturated heterocycles. The van der Waals surface area contributed by atoms with E-state index in [0.29, 0.717) is 54.2 Å². The maximum absolute atomic E-state index is 13.2. The Bertz CT molecular complexity index is 1520. The van der Waals surface area contributed by atoms with Crippen LogP contribution in [0, 0.1) is 6.92 Å². The predicted molar refractivity (Wildman–Crippen MR) is 131 cm³/mol. The molecule has 2 aliphatic heterocycles. The third-order valence-electron chi connectivity index (χ3n) is 6.66. The highest BCUT2D eigenvalue weighted by atomic mass is 16.7. The van der Waals surface area contributed by atoms with Crippen molar-refractivity contribution < 1.29 is 19.1 Å². The molecular weight excluding hydrogens is 458 g/mol. The Morgan fingerprint density at radius 3 is 2.67 bits per heavy atom. The minimum absolute atomic E-state index is 0.0496. The Labute approximate surface area is 207 Å². The molecule has 2 aliphatic rings. The summed E-state index contributed by atoms with van der Waals surface area (Å²) < 4.78 is 10.7. The molecule has 0 radical (unpaired) electrons. The molecule has 0 bridgehead atoms. The van der Waals surface area contributed by atoms with E-state index in [9.17, 15) is 9.59 Å². The van der Waals surface area contributed by atoms with Crippen molar-refractivity contribution in [3.8, 4) is 11.5 Å². The second-order valence-corrected chi connectivity index (χ2v) is 8.81. The van der Waals surface area contributed by atoms with Gasteiger partial charge in [-0.25, -0.2) is 0 Å². The average molecular weight is 482 g/mol. The molecule has 0 aliphatic carbocycles. The SMILES string of the molecule is Cc1ncc2c(c1CNC(=O)c1ccc3c(c1)OCO3)CCN(C(=O)c1ccc3nccnc3c1)C2. The van der Waals surface area contributed by atoms with E-state index in [0.717, 1.165) is 27.9 Å². The summed E-state index contributed by atoms with van der Waals surface area (Å²) in [6.45, 7) is 3.50. The molecule has 2 amide bonds. The first kappa shape index (κ1) is 22.0. The van der Waals surface area contributed by atoms with Gasteiger partial charge in [-0.3, -0.25) is 24.5 Å². The fourth-order valence-electron chi connectivity index (χ4n) is 4.72. The second kappa shape index (κ2) is 8.92. The molecule has 4 heterocycles. The van der Waals surface area contributed by atoms with E-state index >= 15 is 0 Å². The number of carbonyl (C=O) groups excluding carboxylic acids is 2. The van der Waals surface area contributed by atoms with Crippen molar-refractivity contribution >= 4 is 22.8 Å². The second-order valence-electron chi connectivity index (χ2n) is 8.81. The van der Waals surface area contributed by atoms with Gasteiger partial charge in [0.1, 0.15) is 0 Å². The Hall–Kier alpha value is -4.53. The number of benzene rings is 2. The van der Waals surface area contributed by atoms with Crippen molar-refractivity contribution in [3.63, 3.8) is 0 Å². The van der Waals surface area contributed by atoms with Gasteiger partial charge < -0.3 is 19.7 Å². The van der Waals surface area contributed by atoms with E-state index < -0.39 is 0 Å². The summed E-state index contributed by atoms with van der Waals surface area (Å²) in [5.74, 6) is 0.962. The van der Waals surface area contributed by atoms with Crippen LogP contribution in [0.3, 0.4) is 0 Å². The van der Waals surface area contributed by atoms with E-state index in [1.807, 2.05) is 24.1 Å². The minimum Gasteiger partial charge on any atom is -0.454 e. The fraction of sp³-hybridized carbons (Fsp3) is 0.222. The van der Waals surface area contributed by atoms with Crippen LogP contribution < -0.4 is 14.8 Å². The zero-order valence-corrected chi connectivity index (χ0v) is 19.7. The van der Waals surface area contributed by atoms with Gasteiger partial charge in [0.15, 0.2) is 11.5 Å². The van der Waals surface area contributed by atoms with Crippen molar-refractivity contribution in [2.75, 3.05) is 13.3 Å². The van der Waals surface area contributed by atoms with Crippen LogP contribution >= 0.6 is 0 Å². The number of aromatic nitrogens is 3. The van der Waals surface area contributed by atoms with Crippen molar-refractivity contribution in [3.05, 3.63) is 88.5 Å². The number of carbonyl (C=O) groups is 2. The van der Waals surface area contributed by atoms with Gasteiger partial charge in [-0.05, 0) is 66.4 Å². The number of hydrogen-bond donors (Lipinski definition) is 1. The van der Waals surface area contributed by atoms with Crippen LogP contribution in [-0.4, -0.2) is 45.0 Å². The van der Waals surface area contributed by atoms with Crippen LogP contribution in [-0.2, 0) is 19.5 Å². The van der Waals surface area contributed by atoms with Gasteiger partial charge >= 0.3 is 0 Å². The highest BCUT2D eigenvalue weighted by Gasteiger charge is 2.25. The minimum atomic E-state index is -0.197. The Morgan fingerprint density at radius 2 is 1.78 bits per heavy atom. The van der Waals surface area contributed by atoms with Crippen molar-refractivity contribution in [2.45, 2.75) is 26.4 Å². The van der Waals surface area contributed by atoms with Crippen LogP contribution in [0.2, 0.25) is 0 Å². The van der Waals surface area contributed by atoms with Crippen LogP contribution in [0.5, 0.6) is 11.5 Å². The zero-order chi connectivity index (χ0) is 24.6. The topological polar surface area (TPSA) is 107 Å². The Kier molecular flexibility index (Phi) is 5.44. The molecular formula is C27H23N5O4. The molecule has 6 rings (SSSR count). The van der Waals surface area contributed by atoms with Gasteiger partial charge in [0.25, 0.3) is 11.8 Å². The first-order valence-electron chi connectivity index (χ1n) is 11.7. The third-order valence-corrected chi connectivity index (χ3v) is 6.66. The normalized spacial score (nSPS) is 14.0. The number of nitrogens with zero attached hydrogens (tertiary/aromatic N) is 4. The number of amides is 2. The molecule has 2 aromatic heterocycles. The van der Waals surface area contributed by atoms with Crippen LogP contribution in [0.1, 0.15) is 43.1 Å². The van der Waals surface area contributed by atoms with Gasteiger partial charge in [-0.2, -0.15) is 0 Å². The summed E-state index contributed by atoms with van der Waals surface area (Å²) in [6.07, 6.45) is 5.77. The number of nitrogens with one attached hydrogen (secondary N) is 1. The maximum Gasteiger partial charge on any atom is 0.254 e. The number of hydrogen-bond acceptors (Lipinski definition) is 7. The summed E-state index contributed by atoms with van der Waals surface area (Å²) in [6, 6.07) is 10.5. The molecule has 0 atom stereocenters. The fourth-order valence-corrected chi connectivity index (χ4v) is 4.72. The maximum atomic E-state index is 13.2. The van der Waals surface area contributed by atoms with Crippen LogP contribution in [0.15, 0.2) is 55.0 Å². The van der Waals surface area contributed by atoms with Gasteiger partial charge in [0.05, 0.1) is 11.0 Å². The summed E-state index contributed by atoms with van der Waals surface area (Å²) in [4.78, 5) is 41.0. The zero-order valence-electron chi connectivity index (χ0n) is 19.7. The van der Waals surface area contributed by atoms with E-state index in [2.05, 4.69) is 20.3 Å². The summed E-state index contributed by atoms with van der Waals surface area (Å²) in [5, 5.41) is 3.01. The van der Waals surface area contributed by atoms with E-state index in [4.69, 9.17) is 9.47 Å². The van der Waals surface area contributed by atoms with Crippen LogP contribution in [0.4, 0.5) is 0 Å². The number of rotatable bonds is 4. The summed E-state index contributed by atoms with van der Waals surface area (Å²) in [5.41, 5.74) is 6.54. The molecule has 1 N–H and O–H groups in total. The molecule has 36 heavy (non-hydrogen) atoms. The third kappa shape index (κ3) is 3.98. The molecule has 0 spiro atoms. The molecule has 0 saturated carbocycles. The summed E-state index contributed by atoms with van der Waals surface area (Å²) in [7, 11) is 0.